The Balaban J connectivity index is 1.57. The van der Waals surface area contributed by atoms with Crippen LogP contribution in [0.15, 0.2) is 29.3 Å². The van der Waals surface area contributed by atoms with Crippen molar-refractivity contribution in [3.63, 3.8) is 0 Å². The van der Waals surface area contributed by atoms with Gasteiger partial charge >= 0.3 is 0 Å². The minimum absolute atomic E-state index is 0.174. The molecule has 26 heavy (non-hydrogen) atoms. The molecule has 0 radical (unpaired) electrons. The second-order valence-corrected chi connectivity index (χ2v) is 6.40. The Morgan fingerprint density at radius 1 is 1.27 bits per heavy atom. The normalized spacial score (nSPS) is 17.0. The van der Waals surface area contributed by atoms with Crippen LogP contribution in [0.4, 0.5) is 4.39 Å². The lowest BCUT2D eigenvalue weighted by atomic mass is 10.2. The number of guanidine groups is 1. The summed E-state index contributed by atoms with van der Waals surface area (Å²) in [5, 5.41) is 6.52. The molecule has 1 aromatic rings. The smallest absolute Gasteiger partial charge is 0.191 e. The van der Waals surface area contributed by atoms with Crippen molar-refractivity contribution in [2.24, 2.45) is 4.99 Å². The summed E-state index contributed by atoms with van der Waals surface area (Å²) in [6, 6.07) is 6.44. The SMILES string of the molecule is CN=C(NCCCCN1CCOCC1)NCC(C)Oc1ccccc1F. The molecule has 7 heteroatoms. The molecule has 1 aromatic carbocycles. The molecule has 0 aromatic heterocycles. The van der Waals surface area contributed by atoms with Crippen molar-refractivity contribution >= 4 is 5.96 Å². The van der Waals surface area contributed by atoms with Gasteiger partial charge in [0, 0.05) is 26.7 Å². The average molecular weight is 366 g/mol. The summed E-state index contributed by atoms with van der Waals surface area (Å²) in [7, 11) is 1.74. The fourth-order valence-corrected chi connectivity index (χ4v) is 2.75. The van der Waals surface area contributed by atoms with Crippen molar-refractivity contribution in [3.8, 4) is 5.75 Å². The van der Waals surface area contributed by atoms with Gasteiger partial charge in [0.15, 0.2) is 17.5 Å². The van der Waals surface area contributed by atoms with Crippen LogP contribution < -0.4 is 15.4 Å². The summed E-state index contributed by atoms with van der Waals surface area (Å²) >= 11 is 0. The van der Waals surface area contributed by atoms with Crippen molar-refractivity contribution in [1.82, 2.24) is 15.5 Å². The van der Waals surface area contributed by atoms with E-state index in [4.69, 9.17) is 9.47 Å². The number of rotatable bonds is 9. The first kappa shape index (κ1) is 20.5. The van der Waals surface area contributed by atoms with E-state index >= 15 is 0 Å². The molecule has 0 saturated carbocycles. The molecule has 2 N–H and O–H groups in total. The van der Waals surface area contributed by atoms with E-state index in [1.807, 2.05) is 6.92 Å². The maximum atomic E-state index is 13.6. The summed E-state index contributed by atoms with van der Waals surface area (Å²) in [5.41, 5.74) is 0. The number of morpholine rings is 1. The Kier molecular flexibility index (Phi) is 9.20. The van der Waals surface area contributed by atoms with Crippen LogP contribution in [-0.4, -0.2) is 69.9 Å². The highest BCUT2D eigenvalue weighted by Gasteiger charge is 2.10. The standard InChI is InChI=1S/C19H31FN4O2/c1-16(26-18-8-4-3-7-17(18)20)15-23-19(21-2)22-9-5-6-10-24-11-13-25-14-12-24/h3-4,7-8,16H,5-6,9-15H2,1-2H3,(H2,21,22,23). The maximum Gasteiger partial charge on any atom is 0.191 e. The minimum atomic E-state index is -0.345. The highest BCUT2D eigenvalue weighted by atomic mass is 19.1. The van der Waals surface area contributed by atoms with Gasteiger partial charge in [-0.15, -0.1) is 0 Å². The van der Waals surface area contributed by atoms with Gasteiger partial charge in [0.2, 0.25) is 0 Å². The highest BCUT2D eigenvalue weighted by Crippen LogP contribution is 2.16. The Bertz CT molecular complexity index is 550. The van der Waals surface area contributed by atoms with Gasteiger partial charge in [0.1, 0.15) is 6.10 Å². The fourth-order valence-electron chi connectivity index (χ4n) is 2.75. The highest BCUT2D eigenvalue weighted by molar-refractivity contribution is 5.79. The summed E-state index contributed by atoms with van der Waals surface area (Å²) < 4.78 is 24.6. The number of nitrogens with zero attached hydrogens (tertiary/aromatic N) is 2. The van der Waals surface area contributed by atoms with E-state index in [-0.39, 0.29) is 17.7 Å². The molecule has 0 amide bonds. The third-order valence-corrected chi connectivity index (χ3v) is 4.24. The van der Waals surface area contributed by atoms with Crippen LogP contribution in [0, 0.1) is 5.82 Å². The van der Waals surface area contributed by atoms with E-state index < -0.39 is 0 Å². The van der Waals surface area contributed by atoms with Crippen molar-refractivity contribution in [2.45, 2.75) is 25.9 Å². The monoisotopic (exact) mass is 366 g/mol. The molecule has 6 nitrogen and oxygen atoms in total. The van der Waals surface area contributed by atoms with Gasteiger partial charge < -0.3 is 20.1 Å². The van der Waals surface area contributed by atoms with Crippen molar-refractivity contribution < 1.29 is 13.9 Å². The second-order valence-electron chi connectivity index (χ2n) is 6.40. The molecule has 0 aliphatic carbocycles. The van der Waals surface area contributed by atoms with E-state index in [2.05, 4.69) is 20.5 Å². The molecule has 1 heterocycles. The third-order valence-electron chi connectivity index (χ3n) is 4.24. The van der Waals surface area contributed by atoms with Crippen molar-refractivity contribution in [2.75, 3.05) is 53.0 Å². The predicted molar refractivity (Wildman–Crippen MR) is 102 cm³/mol. The maximum absolute atomic E-state index is 13.6. The van der Waals surface area contributed by atoms with E-state index in [9.17, 15) is 4.39 Å². The van der Waals surface area contributed by atoms with Gasteiger partial charge in [0.25, 0.3) is 0 Å². The van der Waals surface area contributed by atoms with Crippen molar-refractivity contribution in [1.29, 1.82) is 0 Å². The van der Waals surface area contributed by atoms with Gasteiger partial charge in [0.05, 0.1) is 19.8 Å². The molecule has 1 aliphatic heterocycles. The van der Waals surface area contributed by atoms with Gasteiger partial charge in [-0.2, -0.15) is 0 Å². The first-order chi connectivity index (χ1) is 12.7. The van der Waals surface area contributed by atoms with Crippen LogP contribution in [-0.2, 0) is 4.74 Å². The largest absolute Gasteiger partial charge is 0.486 e. The first-order valence-electron chi connectivity index (χ1n) is 9.35. The van der Waals surface area contributed by atoms with Crippen LogP contribution in [0.1, 0.15) is 19.8 Å². The fraction of sp³-hybridized carbons (Fsp3) is 0.632. The van der Waals surface area contributed by atoms with E-state index in [1.54, 1.807) is 25.2 Å². The lowest BCUT2D eigenvalue weighted by Gasteiger charge is -2.26. The van der Waals surface area contributed by atoms with Gasteiger partial charge in [-0.3, -0.25) is 9.89 Å². The topological polar surface area (TPSA) is 58.1 Å². The molecule has 146 valence electrons. The number of hydrogen-bond acceptors (Lipinski definition) is 4. The first-order valence-corrected chi connectivity index (χ1v) is 9.35. The van der Waals surface area contributed by atoms with Gasteiger partial charge in [-0.25, -0.2) is 4.39 Å². The zero-order valence-corrected chi connectivity index (χ0v) is 15.8. The number of benzene rings is 1. The summed E-state index contributed by atoms with van der Waals surface area (Å²) in [4.78, 5) is 6.65. The number of hydrogen-bond donors (Lipinski definition) is 2. The molecule has 1 saturated heterocycles. The van der Waals surface area contributed by atoms with Crippen LogP contribution in [0.2, 0.25) is 0 Å². The zero-order valence-electron chi connectivity index (χ0n) is 15.8. The number of unbranched alkanes of at least 4 members (excludes halogenated alkanes) is 1. The lowest BCUT2D eigenvalue weighted by Crippen LogP contribution is -2.42. The molecule has 1 atom stereocenters. The van der Waals surface area contributed by atoms with E-state index in [0.29, 0.717) is 6.54 Å². The number of ether oxygens (including phenoxy) is 2. The Hall–Kier alpha value is -1.86. The number of aliphatic imine (C=N–C) groups is 1. The molecule has 1 unspecified atom stereocenters. The number of halogens is 1. The Morgan fingerprint density at radius 2 is 2.04 bits per heavy atom. The molecular formula is C19H31FN4O2. The van der Waals surface area contributed by atoms with Crippen molar-refractivity contribution in [3.05, 3.63) is 30.1 Å². The summed E-state index contributed by atoms with van der Waals surface area (Å²) in [6.45, 7) is 8.20. The number of para-hydroxylation sites is 1. The van der Waals surface area contributed by atoms with Crippen LogP contribution >= 0.6 is 0 Å². The second kappa shape index (κ2) is 11.7. The molecular weight excluding hydrogens is 335 g/mol. The Labute approximate surface area is 155 Å². The Morgan fingerprint density at radius 3 is 2.77 bits per heavy atom. The molecule has 2 rings (SSSR count). The summed E-state index contributed by atoms with van der Waals surface area (Å²) in [5.74, 6) is 0.662. The number of nitrogens with one attached hydrogen (secondary N) is 2. The van der Waals surface area contributed by atoms with Gasteiger partial charge in [-0.05, 0) is 38.4 Å². The van der Waals surface area contributed by atoms with Gasteiger partial charge in [-0.1, -0.05) is 12.1 Å². The minimum Gasteiger partial charge on any atom is -0.486 e. The van der Waals surface area contributed by atoms with Crippen LogP contribution in [0.3, 0.4) is 0 Å². The summed E-state index contributed by atoms with van der Waals surface area (Å²) in [6.07, 6.45) is 2.06. The molecule has 0 spiro atoms. The molecule has 1 aliphatic rings. The quantitative estimate of drug-likeness (QED) is 0.397. The molecule has 0 bridgehead atoms. The van der Waals surface area contributed by atoms with E-state index in [0.717, 1.165) is 58.2 Å². The zero-order chi connectivity index (χ0) is 18.6. The van der Waals surface area contributed by atoms with E-state index in [1.165, 1.54) is 6.07 Å². The average Bonchev–Trinajstić information content (AvgIpc) is 2.66. The van der Waals surface area contributed by atoms with Crippen LogP contribution in [0.5, 0.6) is 5.75 Å². The van der Waals surface area contributed by atoms with Crippen LogP contribution in [0.25, 0.3) is 0 Å². The predicted octanol–water partition coefficient (Wildman–Crippen LogP) is 1.87. The third kappa shape index (κ3) is 7.58. The molecule has 1 fully saturated rings. The lowest BCUT2D eigenvalue weighted by molar-refractivity contribution is 0.0372.